The van der Waals surface area contributed by atoms with E-state index >= 15 is 0 Å². The Bertz CT molecular complexity index is 876. The lowest BCUT2D eigenvalue weighted by molar-refractivity contribution is -0.112. The fourth-order valence-corrected chi connectivity index (χ4v) is 3.65. The minimum Gasteiger partial charge on any atom is -0.496 e. The van der Waals surface area contributed by atoms with E-state index in [4.69, 9.17) is 4.74 Å². The largest absolute Gasteiger partial charge is 0.496 e. The minimum absolute atomic E-state index is 0.0353. The van der Waals surface area contributed by atoms with Crippen molar-refractivity contribution < 1.29 is 14.3 Å². The van der Waals surface area contributed by atoms with Crippen LogP contribution in [-0.2, 0) is 23.1 Å². The second-order valence-corrected chi connectivity index (χ2v) is 8.49. The SMILES string of the molecule is COc1cc2c(cc1C(=O)C(=O)Nc1ccc(C(C)(C)C)cc1)CCCCC2. The summed E-state index contributed by atoms with van der Waals surface area (Å²) in [5, 5.41) is 2.72. The fraction of sp³-hybridized carbons (Fsp3) is 0.417. The molecule has 1 aliphatic carbocycles. The van der Waals surface area contributed by atoms with Crippen molar-refractivity contribution in [3.63, 3.8) is 0 Å². The van der Waals surface area contributed by atoms with E-state index in [-0.39, 0.29) is 5.41 Å². The van der Waals surface area contributed by atoms with Crippen molar-refractivity contribution in [1.29, 1.82) is 0 Å². The predicted molar refractivity (Wildman–Crippen MR) is 112 cm³/mol. The Labute approximate surface area is 167 Å². The number of benzene rings is 2. The number of nitrogens with one attached hydrogen (secondary N) is 1. The van der Waals surface area contributed by atoms with E-state index in [9.17, 15) is 9.59 Å². The number of Topliss-reactive ketones (excluding diaryl/α,β-unsaturated/α-hetero) is 1. The molecule has 0 aromatic heterocycles. The number of methoxy groups -OCH3 is 1. The van der Waals surface area contributed by atoms with Crippen LogP contribution in [0.3, 0.4) is 0 Å². The first kappa shape index (κ1) is 20.1. The van der Waals surface area contributed by atoms with E-state index in [0.29, 0.717) is 17.0 Å². The van der Waals surface area contributed by atoms with Crippen LogP contribution in [0.5, 0.6) is 5.75 Å². The molecule has 0 saturated heterocycles. The summed E-state index contributed by atoms with van der Waals surface area (Å²) in [5.74, 6) is -0.733. The number of amides is 1. The first-order valence-corrected chi connectivity index (χ1v) is 9.95. The van der Waals surface area contributed by atoms with Gasteiger partial charge >= 0.3 is 0 Å². The van der Waals surface area contributed by atoms with Crippen LogP contribution in [0.1, 0.15) is 67.1 Å². The van der Waals surface area contributed by atoms with Crippen LogP contribution in [0.15, 0.2) is 36.4 Å². The van der Waals surface area contributed by atoms with E-state index < -0.39 is 11.7 Å². The van der Waals surface area contributed by atoms with Gasteiger partial charge in [0.15, 0.2) is 0 Å². The van der Waals surface area contributed by atoms with E-state index in [0.717, 1.165) is 31.2 Å². The third-order valence-corrected chi connectivity index (χ3v) is 5.37. The zero-order valence-electron chi connectivity index (χ0n) is 17.2. The van der Waals surface area contributed by atoms with Gasteiger partial charge in [0.25, 0.3) is 11.7 Å². The highest BCUT2D eigenvalue weighted by Crippen LogP contribution is 2.29. The maximum absolute atomic E-state index is 12.8. The molecule has 1 aliphatic rings. The van der Waals surface area contributed by atoms with Crippen molar-refractivity contribution in [3.05, 3.63) is 58.7 Å². The van der Waals surface area contributed by atoms with Gasteiger partial charge in [0, 0.05) is 5.69 Å². The standard InChI is InChI=1S/C24H29NO3/c1-24(2,3)18-10-12-19(13-11-18)25-23(27)22(26)20-14-16-8-6-5-7-9-17(16)15-21(20)28-4/h10-15H,5-9H2,1-4H3,(H,25,27). The summed E-state index contributed by atoms with van der Waals surface area (Å²) in [6.45, 7) is 6.40. The van der Waals surface area contributed by atoms with Crippen molar-refractivity contribution in [3.8, 4) is 5.75 Å². The number of fused-ring (bicyclic) bond motifs is 1. The van der Waals surface area contributed by atoms with Crippen molar-refractivity contribution in [2.75, 3.05) is 12.4 Å². The molecule has 0 spiro atoms. The maximum Gasteiger partial charge on any atom is 0.296 e. The molecule has 0 unspecified atom stereocenters. The Hall–Kier alpha value is -2.62. The first-order valence-electron chi connectivity index (χ1n) is 9.95. The third-order valence-electron chi connectivity index (χ3n) is 5.37. The molecule has 0 saturated carbocycles. The molecule has 0 bridgehead atoms. The zero-order valence-corrected chi connectivity index (χ0v) is 17.2. The van der Waals surface area contributed by atoms with Gasteiger partial charge in [-0.3, -0.25) is 9.59 Å². The second-order valence-electron chi connectivity index (χ2n) is 8.49. The molecule has 0 heterocycles. The molecule has 28 heavy (non-hydrogen) atoms. The van der Waals surface area contributed by atoms with Crippen LogP contribution in [-0.4, -0.2) is 18.8 Å². The normalized spacial score (nSPS) is 14.0. The average Bonchev–Trinajstić information content (AvgIpc) is 2.90. The predicted octanol–water partition coefficient (Wildman–Crippen LogP) is 5.08. The third kappa shape index (κ3) is 4.44. The molecule has 0 atom stereocenters. The monoisotopic (exact) mass is 379 g/mol. The number of hydrogen-bond donors (Lipinski definition) is 1. The minimum atomic E-state index is -0.643. The van der Waals surface area contributed by atoms with E-state index in [2.05, 4.69) is 26.1 Å². The first-order chi connectivity index (χ1) is 13.3. The summed E-state index contributed by atoms with van der Waals surface area (Å²) in [4.78, 5) is 25.4. The topological polar surface area (TPSA) is 55.4 Å². The Morgan fingerprint density at radius 2 is 1.54 bits per heavy atom. The molecule has 0 radical (unpaired) electrons. The second kappa shape index (κ2) is 8.17. The van der Waals surface area contributed by atoms with Gasteiger partial charge in [-0.05, 0) is 72.1 Å². The summed E-state index contributed by atoms with van der Waals surface area (Å²) in [6.07, 6.45) is 5.38. The number of ether oxygens (including phenoxy) is 1. The highest BCUT2D eigenvalue weighted by atomic mass is 16.5. The summed E-state index contributed by atoms with van der Waals surface area (Å²) >= 11 is 0. The van der Waals surface area contributed by atoms with Crippen molar-refractivity contribution in [1.82, 2.24) is 0 Å². The number of anilines is 1. The van der Waals surface area contributed by atoms with Gasteiger partial charge in [-0.15, -0.1) is 0 Å². The Kier molecular flexibility index (Phi) is 5.87. The van der Waals surface area contributed by atoms with Gasteiger partial charge in [-0.1, -0.05) is 39.3 Å². The highest BCUT2D eigenvalue weighted by molar-refractivity contribution is 6.47. The Balaban J connectivity index is 1.81. The molecule has 0 fully saturated rings. The van der Waals surface area contributed by atoms with Gasteiger partial charge in [-0.2, -0.15) is 0 Å². The Morgan fingerprint density at radius 3 is 2.11 bits per heavy atom. The molecule has 3 rings (SSSR count). The van der Waals surface area contributed by atoms with Gasteiger partial charge in [0.05, 0.1) is 12.7 Å². The molecule has 1 amide bonds. The van der Waals surface area contributed by atoms with Gasteiger partial charge in [0.2, 0.25) is 0 Å². The summed E-state index contributed by atoms with van der Waals surface area (Å²) < 4.78 is 5.43. The van der Waals surface area contributed by atoms with Gasteiger partial charge in [-0.25, -0.2) is 0 Å². The van der Waals surface area contributed by atoms with Crippen LogP contribution in [0.25, 0.3) is 0 Å². The molecule has 4 heteroatoms. The number of ketones is 1. The van der Waals surface area contributed by atoms with Crippen molar-refractivity contribution in [2.24, 2.45) is 0 Å². The Morgan fingerprint density at radius 1 is 0.929 bits per heavy atom. The van der Waals surface area contributed by atoms with E-state index in [1.165, 1.54) is 17.5 Å². The van der Waals surface area contributed by atoms with Crippen LogP contribution >= 0.6 is 0 Å². The van der Waals surface area contributed by atoms with Gasteiger partial charge < -0.3 is 10.1 Å². The van der Waals surface area contributed by atoms with Crippen LogP contribution in [0.2, 0.25) is 0 Å². The fourth-order valence-electron chi connectivity index (χ4n) is 3.65. The smallest absolute Gasteiger partial charge is 0.296 e. The molecule has 2 aromatic carbocycles. The lowest BCUT2D eigenvalue weighted by Gasteiger charge is -2.19. The zero-order chi connectivity index (χ0) is 20.3. The quantitative estimate of drug-likeness (QED) is 0.458. The summed E-state index contributed by atoms with van der Waals surface area (Å²) in [5.41, 5.74) is 4.54. The van der Waals surface area contributed by atoms with Crippen molar-refractivity contribution >= 4 is 17.4 Å². The molecular formula is C24H29NO3. The van der Waals surface area contributed by atoms with Crippen molar-refractivity contribution in [2.45, 2.75) is 58.3 Å². The van der Waals surface area contributed by atoms with Crippen LogP contribution in [0.4, 0.5) is 5.69 Å². The molecule has 2 aromatic rings. The number of rotatable bonds is 4. The number of carbonyl (C=O) groups excluding carboxylic acids is 2. The summed E-state index contributed by atoms with van der Waals surface area (Å²) in [6, 6.07) is 11.4. The number of hydrogen-bond acceptors (Lipinski definition) is 3. The van der Waals surface area contributed by atoms with E-state index in [1.807, 2.05) is 36.4 Å². The highest BCUT2D eigenvalue weighted by Gasteiger charge is 2.23. The van der Waals surface area contributed by atoms with Crippen LogP contribution < -0.4 is 10.1 Å². The molecule has 0 aliphatic heterocycles. The molecule has 148 valence electrons. The summed E-state index contributed by atoms with van der Waals surface area (Å²) in [7, 11) is 1.54. The van der Waals surface area contributed by atoms with Crippen LogP contribution in [0, 0.1) is 0 Å². The van der Waals surface area contributed by atoms with E-state index in [1.54, 1.807) is 7.11 Å². The average molecular weight is 380 g/mol. The van der Waals surface area contributed by atoms with Gasteiger partial charge in [0.1, 0.15) is 5.75 Å². The number of aryl methyl sites for hydroxylation is 2. The lowest BCUT2D eigenvalue weighted by atomic mass is 9.87. The molecular weight excluding hydrogens is 350 g/mol. The lowest BCUT2D eigenvalue weighted by Crippen LogP contribution is -2.24. The maximum atomic E-state index is 12.8. The molecule has 4 nitrogen and oxygen atoms in total. The molecule has 1 N–H and O–H groups in total. The number of carbonyl (C=O) groups is 2.